The number of aromatic nitrogens is 2. The molecule has 0 aliphatic heterocycles. The number of pyridine rings is 2. The van der Waals surface area contributed by atoms with E-state index in [9.17, 15) is 24.0 Å². The zero-order chi connectivity index (χ0) is 44.4. The molecule has 0 unspecified atom stereocenters. The van der Waals surface area contributed by atoms with Gasteiger partial charge in [0.25, 0.3) is 3.79 Å². The first-order chi connectivity index (χ1) is 29.1. The van der Waals surface area contributed by atoms with E-state index < -0.39 is 70.0 Å². The Labute approximate surface area is 370 Å². The summed E-state index contributed by atoms with van der Waals surface area (Å²) in [5, 5.41) is 11.3. The Morgan fingerprint density at radius 2 is 1.03 bits per heavy atom. The van der Waals surface area contributed by atoms with Crippen molar-refractivity contribution in [3.8, 4) is 0 Å². The SMILES string of the molecule is CC(C)[C@H](NC(=O)OCc1ccccn1)C(=O)N[C@@H](Cc1ccccc1)C[C@H](OC(=O)C(Cl)(Cl)Cl)[C@H](Cc1ccccc1)NC(=O)[C@@H](NC(=O)OCc1ccccn1)C(C)C. The van der Waals surface area contributed by atoms with Gasteiger partial charge in [-0.15, -0.1) is 0 Å². The fourth-order valence-corrected chi connectivity index (χ4v) is 6.36. The number of benzene rings is 2. The van der Waals surface area contributed by atoms with Crippen LogP contribution in [0, 0.1) is 11.8 Å². The number of alkyl halides is 3. The second kappa shape index (κ2) is 24.1. The van der Waals surface area contributed by atoms with Crippen molar-refractivity contribution in [1.29, 1.82) is 0 Å². The second-order valence-electron chi connectivity index (χ2n) is 14.9. The number of carbonyl (C=O) groups excluding carboxylic acids is 5. The van der Waals surface area contributed by atoms with Crippen LogP contribution in [0.25, 0.3) is 0 Å². The maximum absolute atomic E-state index is 14.2. The summed E-state index contributed by atoms with van der Waals surface area (Å²) in [7, 11) is 0. The Morgan fingerprint density at radius 3 is 1.46 bits per heavy atom. The van der Waals surface area contributed by atoms with Crippen LogP contribution >= 0.6 is 34.8 Å². The molecule has 0 radical (unpaired) electrons. The number of nitrogens with zero attached hydrogens (tertiary/aromatic N) is 2. The standard InChI is InChI=1S/C44H51Cl3N6O8/c1-28(2)37(52-42(57)59-26-32-19-11-13-21-48-32)39(54)50-34(23-30-15-7-5-8-16-30)25-36(61-41(56)44(45,46)47)35(24-31-17-9-6-10-18-31)51-40(55)38(29(3)4)53-43(58)60-27-33-20-12-14-22-49-33/h5-22,28-29,34-38H,23-27H2,1-4H3,(H,50,54)(H,51,55)(H,52,57)(H,53,58)/t34-,35-,36-,37-,38-/m0/s1. The van der Waals surface area contributed by atoms with Crippen LogP contribution in [0.4, 0.5) is 9.59 Å². The minimum absolute atomic E-state index is 0.105. The molecule has 0 spiro atoms. The monoisotopic (exact) mass is 896 g/mol. The number of alkyl carbamates (subject to hydrolysis) is 2. The third kappa shape index (κ3) is 16.9. The lowest BCUT2D eigenvalue weighted by molar-refractivity contribution is -0.151. The van der Waals surface area contributed by atoms with Crippen molar-refractivity contribution < 1.29 is 38.2 Å². The van der Waals surface area contributed by atoms with Gasteiger partial charge in [0.1, 0.15) is 31.4 Å². The highest BCUT2D eigenvalue weighted by Crippen LogP contribution is 2.30. The lowest BCUT2D eigenvalue weighted by Gasteiger charge is -2.34. The van der Waals surface area contributed by atoms with Gasteiger partial charge < -0.3 is 35.5 Å². The average Bonchev–Trinajstić information content (AvgIpc) is 3.23. The molecule has 17 heteroatoms. The summed E-state index contributed by atoms with van der Waals surface area (Å²) in [4.78, 5) is 75.9. The highest BCUT2D eigenvalue weighted by molar-refractivity contribution is 6.75. The van der Waals surface area contributed by atoms with Crippen molar-refractivity contribution in [2.45, 2.75) is 94.2 Å². The van der Waals surface area contributed by atoms with E-state index in [4.69, 9.17) is 49.0 Å². The average molecular weight is 898 g/mol. The molecule has 61 heavy (non-hydrogen) atoms. The van der Waals surface area contributed by atoms with E-state index in [0.717, 1.165) is 11.1 Å². The highest BCUT2D eigenvalue weighted by Gasteiger charge is 2.40. The van der Waals surface area contributed by atoms with Crippen molar-refractivity contribution in [2.75, 3.05) is 0 Å². The maximum atomic E-state index is 14.2. The number of amides is 4. The van der Waals surface area contributed by atoms with Gasteiger partial charge in [-0.05, 0) is 60.1 Å². The molecule has 4 N–H and O–H groups in total. The van der Waals surface area contributed by atoms with Crippen molar-refractivity contribution in [2.24, 2.45) is 11.8 Å². The molecule has 2 aromatic carbocycles. The Bertz CT molecular complexity index is 1990. The van der Waals surface area contributed by atoms with Crippen molar-refractivity contribution in [3.05, 3.63) is 132 Å². The highest BCUT2D eigenvalue weighted by atomic mass is 35.6. The quantitative estimate of drug-likeness (QED) is 0.0418. The van der Waals surface area contributed by atoms with Crippen molar-refractivity contribution >= 4 is 64.8 Å². The van der Waals surface area contributed by atoms with Gasteiger partial charge in [-0.1, -0.05) is 135 Å². The van der Waals surface area contributed by atoms with Gasteiger partial charge in [0, 0.05) is 24.9 Å². The molecule has 2 aromatic heterocycles. The van der Waals surface area contributed by atoms with Crippen LogP contribution in [0.15, 0.2) is 109 Å². The van der Waals surface area contributed by atoms with E-state index in [2.05, 4.69) is 31.2 Å². The summed E-state index contributed by atoms with van der Waals surface area (Å²) >= 11 is 18.1. The Hall–Kier alpha value is -5.44. The zero-order valence-electron chi connectivity index (χ0n) is 34.3. The first-order valence-corrected chi connectivity index (χ1v) is 20.8. The molecule has 4 amide bonds. The van der Waals surface area contributed by atoms with E-state index in [1.54, 1.807) is 76.5 Å². The van der Waals surface area contributed by atoms with Gasteiger partial charge in [-0.3, -0.25) is 19.6 Å². The van der Waals surface area contributed by atoms with Crippen molar-refractivity contribution in [3.63, 3.8) is 0 Å². The molecule has 4 aromatic rings. The minimum atomic E-state index is -2.50. The number of carbonyl (C=O) groups is 5. The van der Waals surface area contributed by atoms with Gasteiger partial charge >= 0.3 is 18.2 Å². The molecule has 0 bridgehead atoms. The summed E-state index contributed by atoms with van der Waals surface area (Å²) in [5.41, 5.74) is 2.61. The Balaban J connectivity index is 1.64. The topological polar surface area (TPSA) is 187 Å². The number of rotatable bonds is 20. The number of halogens is 3. The molecular weight excluding hydrogens is 847 g/mol. The van der Waals surface area contributed by atoms with Crippen LogP contribution in [0.1, 0.15) is 56.6 Å². The number of esters is 1. The van der Waals surface area contributed by atoms with Crippen LogP contribution in [-0.4, -0.2) is 74.0 Å². The van der Waals surface area contributed by atoms with Gasteiger partial charge in [0.2, 0.25) is 11.8 Å². The molecule has 0 aliphatic carbocycles. The predicted molar refractivity (Wildman–Crippen MR) is 231 cm³/mol. The summed E-state index contributed by atoms with van der Waals surface area (Å²) in [6.45, 7) is 6.78. The third-order valence-corrected chi connectivity index (χ3v) is 9.82. The zero-order valence-corrected chi connectivity index (χ0v) is 36.5. The summed E-state index contributed by atoms with van der Waals surface area (Å²) in [6, 6.07) is 24.8. The molecule has 5 atom stereocenters. The first kappa shape index (κ1) is 48.2. The largest absolute Gasteiger partial charge is 0.457 e. The minimum Gasteiger partial charge on any atom is -0.457 e. The number of nitrogens with one attached hydrogen (secondary N) is 4. The summed E-state index contributed by atoms with van der Waals surface area (Å²) < 4.78 is 14.1. The van der Waals surface area contributed by atoms with Crippen LogP contribution < -0.4 is 21.3 Å². The van der Waals surface area contributed by atoms with E-state index in [-0.39, 0.29) is 38.4 Å². The maximum Gasteiger partial charge on any atom is 0.408 e. The molecule has 2 heterocycles. The molecule has 0 saturated carbocycles. The molecule has 326 valence electrons. The Kier molecular flexibility index (Phi) is 19.1. The van der Waals surface area contributed by atoms with Gasteiger partial charge in [-0.2, -0.15) is 0 Å². The van der Waals surface area contributed by atoms with Crippen LogP contribution in [-0.2, 0) is 54.6 Å². The molecule has 0 fully saturated rings. The predicted octanol–water partition coefficient (Wildman–Crippen LogP) is 6.81. The smallest absolute Gasteiger partial charge is 0.408 e. The van der Waals surface area contributed by atoms with Gasteiger partial charge in [0.05, 0.1) is 17.4 Å². The fourth-order valence-electron chi connectivity index (χ4n) is 6.23. The van der Waals surface area contributed by atoms with E-state index in [0.29, 0.717) is 11.4 Å². The number of hydrogen-bond donors (Lipinski definition) is 4. The van der Waals surface area contributed by atoms with Crippen LogP contribution in [0.5, 0.6) is 0 Å². The van der Waals surface area contributed by atoms with Crippen molar-refractivity contribution in [1.82, 2.24) is 31.2 Å². The van der Waals surface area contributed by atoms with E-state index in [1.165, 1.54) is 0 Å². The van der Waals surface area contributed by atoms with E-state index in [1.807, 2.05) is 60.7 Å². The Morgan fingerprint density at radius 1 is 0.590 bits per heavy atom. The number of hydrogen-bond acceptors (Lipinski definition) is 10. The normalized spacial score (nSPS) is 13.8. The molecular formula is C44H51Cl3N6O8. The number of ether oxygens (including phenoxy) is 3. The molecule has 0 saturated heterocycles. The van der Waals surface area contributed by atoms with Gasteiger partial charge in [0.15, 0.2) is 0 Å². The summed E-state index contributed by atoms with van der Waals surface area (Å²) in [6.07, 6.45) is 0.467. The van der Waals surface area contributed by atoms with Crippen LogP contribution in [0.3, 0.4) is 0 Å². The second-order valence-corrected chi connectivity index (χ2v) is 17.2. The fraction of sp³-hybridized carbons (Fsp3) is 0.386. The molecule has 14 nitrogen and oxygen atoms in total. The molecule has 4 rings (SSSR count). The molecule has 0 aliphatic rings. The van der Waals surface area contributed by atoms with Gasteiger partial charge in [-0.25, -0.2) is 14.4 Å². The van der Waals surface area contributed by atoms with E-state index >= 15 is 0 Å². The summed E-state index contributed by atoms with van der Waals surface area (Å²) in [5.74, 6) is -3.19. The first-order valence-electron chi connectivity index (χ1n) is 19.7. The lowest BCUT2D eigenvalue weighted by atomic mass is 9.92. The third-order valence-electron chi connectivity index (χ3n) is 9.35. The van der Waals surface area contributed by atoms with Crippen LogP contribution in [0.2, 0.25) is 0 Å². The lowest BCUT2D eigenvalue weighted by Crippen LogP contribution is -2.57.